The first-order valence-corrected chi connectivity index (χ1v) is 12.2. The van der Waals surface area contributed by atoms with Crippen LogP contribution in [0.15, 0.2) is 52.3 Å². The van der Waals surface area contributed by atoms with Gasteiger partial charge in [-0.3, -0.25) is 10.1 Å². The van der Waals surface area contributed by atoms with E-state index in [-0.39, 0.29) is 12.1 Å². The van der Waals surface area contributed by atoms with E-state index in [1.807, 2.05) is 35.2 Å². The highest BCUT2D eigenvalue weighted by Gasteiger charge is 2.26. The lowest BCUT2D eigenvalue weighted by Crippen LogP contribution is -2.34. The monoisotopic (exact) mass is 477 g/mol. The molecule has 5 N–H and O–H groups in total. The minimum atomic E-state index is -0.419. The number of nitrogens with one attached hydrogen (secondary N) is 3. The molecule has 2 aromatic rings. The molecule has 0 fully saturated rings. The van der Waals surface area contributed by atoms with Gasteiger partial charge in [0.1, 0.15) is 18.1 Å². The predicted molar refractivity (Wildman–Crippen MR) is 139 cm³/mol. The molecular formula is C26H35N7O2. The number of anilines is 2. The summed E-state index contributed by atoms with van der Waals surface area (Å²) in [4.78, 5) is 15.3. The summed E-state index contributed by atoms with van der Waals surface area (Å²) in [5.41, 5.74) is 5.85. The van der Waals surface area contributed by atoms with Crippen LogP contribution >= 0.6 is 0 Å². The Hall–Kier alpha value is -3.59. The van der Waals surface area contributed by atoms with Gasteiger partial charge in [0.05, 0.1) is 7.11 Å². The number of methoxy groups -OCH3 is 1. The van der Waals surface area contributed by atoms with Crippen LogP contribution in [0.1, 0.15) is 56.0 Å². The van der Waals surface area contributed by atoms with Gasteiger partial charge in [0.25, 0.3) is 0 Å². The summed E-state index contributed by atoms with van der Waals surface area (Å²) < 4.78 is 5.34. The molecule has 0 saturated heterocycles. The molecule has 0 aliphatic carbocycles. The molecule has 9 nitrogen and oxygen atoms in total. The van der Waals surface area contributed by atoms with Crippen LogP contribution < -0.4 is 26.5 Å². The van der Waals surface area contributed by atoms with Gasteiger partial charge >= 0.3 is 0 Å². The minimum absolute atomic E-state index is 0.0484. The minimum Gasteiger partial charge on any atom is -0.497 e. The molecule has 0 spiro atoms. The Labute approximate surface area is 206 Å². The fraction of sp³-hybridized carbons (Fsp3) is 0.423. The van der Waals surface area contributed by atoms with Crippen molar-refractivity contribution in [2.45, 2.75) is 52.0 Å². The number of nitrogens with zero attached hydrogens (tertiary/aromatic N) is 3. The van der Waals surface area contributed by atoms with Crippen molar-refractivity contribution in [2.24, 2.45) is 16.2 Å². The van der Waals surface area contributed by atoms with Gasteiger partial charge in [-0.1, -0.05) is 31.2 Å². The molecule has 0 saturated carbocycles. The third-order valence-corrected chi connectivity index (χ3v) is 6.34. The van der Waals surface area contributed by atoms with Gasteiger partial charge in [-0.25, -0.2) is 0 Å². The van der Waals surface area contributed by atoms with Crippen molar-refractivity contribution in [1.29, 1.82) is 0 Å². The molecule has 4 rings (SSSR count). The van der Waals surface area contributed by atoms with Crippen LogP contribution in [0.2, 0.25) is 0 Å². The largest absolute Gasteiger partial charge is 0.497 e. The first-order valence-electron chi connectivity index (χ1n) is 12.2. The molecule has 0 radical (unpaired) electrons. The lowest BCUT2D eigenvalue weighted by atomic mass is 10.0. The molecular weight excluding hydrogens is 442 g/mol. The van der Waals surface area contributed by atoms with Crippen molar-refractivity contribution >= 4 is 23.4 Å². The number of rotatable bonds is 8. The Kier molecular flexibility index (Phi) is 7.87. The van der Waals surface area contributed by atoms with E-state index in [9.17, 15) is 4.79 Å². The predicted octanol–water partition coefficient (Wildman–Crippen LogP) is 4.41. The second-order valence-corrected chi connectivity index (χ2v) is 8.88. The second-order valence-electron chi connectivity index (χ2n) is 8.88. The number of nitrogens with two attached hydrogens (primary N) is 1. The van der Waals surface area contributed by atoms with Crippen LogP contribution in [0, 0.1) is 0 Å². The third kappa shape index (κ3) is 5.57. The first-order chi connectivity index (χ1) is 17.1. The number of carbonyl (C=O) groups is 1. The van der Waals surface area contributed by atoms with Gasteiger partial charge in [0, 0.05) is 43.0 Å². The third-order valence-electron chi connectivity index (χ3n) is 6.34. The number of fused-ring (bicyclic) bond motifs is 2. The van der Waals surface area contributed by atoms with Crippen LogP contribution in [0.25, 0.3) is 6.08 Å². The number of ether oxygens (including phenoxy) is 1. The summed E-state index contributed by atoms with van der Waals surface area (Å²) >= 11 is 0. The smallest absolute Gasteiger partial charge is 0.249 e. The Morgan fingerprint density at radius 1 is 1.11 bits per heavy atom. The lowest BCUT2D eigenvalue weighted by Gasteiger charge is -2.29. The van der Waals surface area contributed by atoms with Crippen molar-refractivity contribution < 1.29 is 9.53 Å². The van der Waals surface area contributed by atoms with Crippen molar-refractivity contribution in [1.82, 2.24) is 10.2 Å². The molecule has 186 valence electrons. The number of carbonyl (C=O) groups excluding carboxylic acids is 1. The van der Waals surface area contributed by atoms with E-state index >= 15 is 0 Å². The highest BCUT2D eigenvalue weighted by molar-refractivity contribution is 5.99. The Balaban J connectivity index is 1.62. The summed E-state index contributed by atoms with van der Waals surface area (Å²) in [5.74, 6) is 6.28. The summed E-state index contributed by atoms with van der Waals surface area (Å²) in [5, 5.41) is 18.2. The average molecular weight is 478 g/mol. The van der Waals surface area contributed by atoms with E-state index in [1.54, 1.807) is 7.11 Å². The maximum Gasteiger partial charge on any atom is 0.249 e. The van der Waals surface area contributed by atoms with Crippen molar-refractivity contribution in [3.63, 3.8) is 0 Å². The number of hydrogen-bond acceptors (Lipinski definition) is 7. The highest BCUT2D eigenvalue weighted by atomic mass is 16.5. The normalized spacial score (nSPS) is 19.0. The van der Waals surface area contributed by atoms with Crippen LogP contribution in [0.4, 0.5) is 11.4 Å². The van der Waals surface area contributed by atoms with E-state index in [0.29, 0.717) is 12.0 Å². The quantitative estimate of drug-likeness (QED) is 0.254. The van der Waals surface area contributed by atoms with Gasteiger partial charge in [-0.15, -0.1) is 5.11 Å². The molecule has 1 amide bonds. The number of benzene rings is 2. The molecule has 2 aliphatic heterocycles. The Morgan fingerprint density at radius 2 is 1.91 bits per heavy atom. The van der Waals surface area contributed by atoms with Crippen molar-refractivity contribution in [3.05, 3.63) is 58.7 Å². The molecule has 2 unspecified atom stereocenters. The summed E-state index contributed by atoms with van der Waals surface area (Å²) in [6.07, 6.45) is 3.75. The van der Waals surface area contributed by atoms with E-state index in [4.69, 9.17) is 10.6 Å². The molecule has 9 heteroatoms. The topological polar surface area (TPSA) is 116 Å². The summed E-state index contributed by atoms with van der Waals surface area (Å²) in [6.45, 7) is 6.37. The van der Waals surface area contributed by atoms with Crippen LogP contribution in [0.3, 0.4) is 0 Å². The fourth-order valence-corrected chi connectivity index (χ4v) is 4.65. The van der Waals surface area contributed by atoms with E-state index in [1.165, 1.54) is 0 Å². The molecule has 0 bridgehead atoms. The van der Waals surface area contributed by atoms with E-state index in [0.717, 1.165) is 66.3 Å². The van der Waals surface area contributed by atoms with Crippen molar-refractivity contribution in [2.75, 3.05) is 30.8 Å². The van der Waals surface area contributed by atoms with Gasteiger partial charge < -0.3 is 26.1 Å². The Morgan fingerprint density at radius 3 is 2.63 bits per heavy atom. The zero-order valence-corrected chi connectivity index (χ0v) is 20.7. The fourth-order valence-electron chi connectivity index (χ4n) is 4.65. The van der Waals surface area contributed by atoms with E-state index in [2.05, 4.69) is 52.3 Å². The molecule has 2 atom stereocenters. The number of hydrogen-bond donors (Lipinski definition) is 4. The molecule has 2 aromatic carbocycles. The zero-order chi connectivity index (χ0) is 24.8. The van der Waals surface area contributed by atoms with Gasteiger partial charge in [-0.2, -0.15) is 0 Å². The molecule has 35 heavy (non-hydrogen) atoms. The number of amides is 1. The molecule has 2 heterocycles. The molecule has 0 aromatic heterocycles. The van der Waals surface area contributed by atoms with E-state index < -0.39 is 6.17 Å². The maximum atomic E-state index is 13.4. The summed E-state index contributed by atoms with van der Waals surface area (Å²) in [7, 11) is 1.67. The molecule has 2 aliphatic rings. The maximum absolute atomic E-state index is 13.4. The standard InChI is InChI=1S/C26H35N7O2/c1-4-10-33(11-5-2)26(34)19-12-17-6-7-18(14-23(17)29-24(15-19)31-32-27)25-28-16-20-13-21(35-3)8-9-22(20)30-25/h6-9,12-14,24-25,28-30H,4-5,10-11,15-16H2,1-3H3,(H2,27,31). The Bertz CT molecular complexity index is 1110. The van der Waals surface area contributed by atoms with Gasteiger partial charge in [-0.05, 0) is 59.9 Å². The van der Waals surface area contributed by atoms with Crippen LogP contribution in [-0.4, -0.2) is 37.2 Å². The first kappa shape index (κ1) is 24.5. The second kappa shape index (κ2) is 11.2. The highest BCUT2D eigenvalue weighted by Crippen LogP contribution is 2.33. The van der Waals surface area contributed by atoms with Crippen molar-refractivity contribution in [3.8, 4) is 5.75 Å². The van der Waals surface area contributed by atoms with Crippen LogP contribution in [0.5, 0.6) is 5.75 Å². The SMILES string of the molecule is CCCN(CCC)C(=O)C1=Cc2ccc(C3NCc4cc(OC)ccc4N3)cc2NC(N=NN)C1. The lowest BCUT2D eigenvalue weighted by molar-refractivity contribution is -0.127. The van der Waals surface area contributed by atoms with Gasteiger partial charge in [0.15, 0.2) is 0 Å². The van der Waals surface area contributed by atoms with Crippen LogP contribution in [-0.2, 0) is 11.3 Å². The van der Waals surface area contributed by atoms with Gasteiger partial charge in [0.2, 0.25) is 5.91 Å². The average Bonchev–Trinajstić information content (AvgIpc) is 3.06. The zero-order valence-electron chi connectivity index (χ0n) is 20.7. The summed E-state index contributed by atoms with van der Waals surface area (Å²) in [6, 6.07) is 12.3.